The van der Waals surface area contributed by atoms with Gasteiger partial charge in [-0.25, -0.2) is 0 Å². The summed E-state index contributed by atoms with van der Waals surface area (Å²) in [6.45, 7) is 8.15. The summed E-state index contributed by atoms with van der Waals surface area (Å²) in [4.78, 5) is 17.0. The fraction of sp³-hybridized carbons (Fsp3) is 0.750. The lowest BCUT2D eigenvalue weighted by Gasteiger charge is -2.47. The van der Waals surface area contributed by atoms with E-state index in [4.69, 9.17) is 0 Å². The Morgan fingerprint density at radius 2 is 2.11 bits per heavy atom. The van der Waals surface area contributed by atoms with Crippen LogP contribution < -0.4 is 5.32 Å². The van der Waals surface area contributed by atoms with Gasteiger partial charge in [0.15, 0.2) is 5.69 Å². The third-order valence-electron chi connectivity index (χ3n) is 4.21. The molecule has 0 spiro atoms. The molecule has 104 valence electrons. The van der Waals surface area contributed by atoms with E-state index in [0.717, 1.165) is 38.4 Å². The fourth-order valence-electron chi connectivity index (χ4n) is 2.83. The van der Waals surface area contributed by atoms with Crippen molar-refractivity contribution in [3.05, 3.63) is 11.4 Å². The number of hydrogen-bond acceptors (Lipinski definition) is 5. The number of carbonyl (C=O) groups is 1. The van der Waals surface area contributed by atoms with Crippen LogP contribution in [-0.4, -0.2) is 76.0 Å². The van der Waals surface area contributed by atoms with Crippen molar-refractivity contribution in [2.24, 2.45) is 7.05 Å². The highest BCUT2D eigenvalue weighted by molar-refractivity contribution is 5.93. The Hall–Kier alpha value is -1.47. The van der Waals surface area contributed by atoms with Gasteiger partial charge in [0.05, 0.1) is 5.69 Å². The maximum atomic E-state index is 12.1. The Labute approximate surface area is 112 Å². The third kappa shape index (κ3) is 2.35. The van der Waals surface area contributed by atoms with Gasteiger partial charge in [-0.3, -0.25) is 19.3 Å². The predicted octanol–water partition coefficient (Wildman–Crippen LogP) is -1.15. The molecular formula is C12H20N6O. The molecule has 2 bridgehead atoms. The van der Waals surface area contributed by atoms with Crippen molar-refractivity contribution >= 4 is 5.91 Å². The molecule has 1 aromatic rings. The number of hydrogen-bond donors (Lipinski definition) is 1. The molecule has 7 heteroatoms. The lowest BCUT2D eigenvalue weighted by atomic mass is 10.1. The fourth-order valence-corrected chi connectivity index (χ4v) is 2.83. The predicted molar refractivity (Wildman–Crippen MR) is 69.9 cm³/mol. The molecular weight excluding hydrogens is 244 g/mol. The number of rotatable bonds is 3. The van der Waals surface area contributed by atoms with Crippen LogP contribution in [0.3, 0.4) is 0 Å². The molecule has 1 N–H and O–H groups in total. The first-order valence-corrected chi connectivity index (χ1v) is 6.76. The Morgan fingerprint density at radius 1 is 1.37 bits per heavy atom. The molecule has 7 nitrogen and oxygen atoms in total. The number of amides is 1. The van der Waals surface area contributed by atoms with E-state index >= 15 is 0 Å². The standard InChI is InChI=1S/C12H20N6O/c1-9-11(14-15-16(9)2)12(19)13-7-10-8-17-3-5-18(10)6-4-17/h10H,3-8H2,1-2H3,(H,13,19)/t10-/m0/s1. The first-order valence-electron chi connectivity index (χ1n) is 6.76. The van der Waals surface area contributed by atoms with Crippen molar-refractivity contribution in [3.8, 4) is 0 Å². The van der Waals surface area contributed by atoms with E-state index < -0.39 is 0 Å². The quantitative estimate of drug-likeness (QED) is 0.747. The summed E-state index contributed by atoms with van der Waals surface area (Å²) in [5.74, 6) is -0.122. The highest BCUT2D eigenvalue weighted by Gasteiger charge is 2.32. The summed E-state index contributed by atoms with van der Waals surface area (Å²) >= 11 is 0. The number of aryl methyl sites for hydroxylation is 1. The van der Waals surface area contributed by atoms with Crippen LogP contribution in [0.15, 0.2) is 0 Å². The van der Waals surface area contributed by atoms with E-state index in [1.165, 1.54) is 0 Å². The second kappa shape index (κ2) is 4.90. The third-order valence-corrected chi connectivity index (χ3v) is 4.21. The molecule has 0 unspecified atom stereocenters. The minimum atomic E-state index is -0.122. The Balaban J connectivity index is 1.58. The first kappa shape index (κ1) is 12.6. The molecule has 1 aromatic heterocycles. The van der Waals surface area contributed by atoms with Crippen LogP contribution in [0.25, 0.3) is 0 Å². The van der Waals surface area contributed by atoms with Gasteiger partial charge < -0.3 is 5.32 Å². The minimum Gasteiger partial charge on any atom is -0.349 e. The van der Waals surface area contributed by atoms with Crippen molar-refractivity contribution in [1.82, 2.24) is 30.1 Å². The topological polar surface area (TPSA) is 66.3 Å². The van der Waals surface area contributed by atoms with Crippen LogP contribution in [0, 0.1) is 6.92 Å². The number of aromatic nitrogens is 3. The van der Waals surface area contributed by atoms with Gasteiger partial charge in [-0.2, -0.15) is 0 Å². The molecule has 3 saturated heterocycles. The second-order valence-electron chi connectivity index (χ2n) is 5.35. The number of carbonyl (C=O) groups excluding carboxylic acids is 1. The lowest BCUT2D eigenvalue weighted by Crippen LogP contribution is -2.63. The van der Waals surface area contributed by atoms with Gasteiger partial charge in [0.25, 0.3) is 5.91 Å². The average molecular weight is 264 g/mol. The van der Waals surface area contributed by atoms with E-state index in [0.29, 0.717) is 18.3 Å². The van der Waals surface area contributed by atoms with Gasteiger partial charge in [-0.05, 0) is 6.92 Å². The van der Waals surface area contributed by atoms with Gasteiger partial charge in [-0.15, -0.1) is 5.10 Å². The molecule has 0 saturated carbocycles. The molecule has 4 rings (SSSR count). The maximum Gasteiger partial charge on any atom is 0.273 e. The Morgan fingerprint density at radius 3 is 2.63 bits per heavy atom. The molecule has 3 fully saturated rings. The van der Waals surface area contributed by atoms with E-state index in [9.17, 15) is 4.79 Å². The summed E-state index contributed by atoms with van der Waals surface area (Å²) in [5, 5.41) is 10.7. The van der Waals surface area contributed by atoms with Gasteiger partial charge in [0.1, 0.15) is 0 Å². The van der Waals surface area contributed by atoms with E-state index in [-0.39, 0.29) is 5.91 Å². The van der Waals surface area contributed by atoms with Crippen molar-refractivity contribution in [3.63, 3.8) is 0 Å². The Bertz CT molecular complexity index is 477. The van der Waals surface area contributed by atoms with E-state index in [1.807, 2.05) is 6.92 Å². The average Bonchev–Trinajstić information content (AvgIpc) is 2.78. The number of nitrogens with zero attached hydrogens (tertiary/aromatic N) is 5. The molecule has 1 atom stereocenters. The van der Waals surface area contributed by atoms with Gasteiger partial charge in [0.2, 0.25) is 0 Å². The molecule has 1 amide bonds. The van der Waals surface area contributed by atoms with Crippen molar-refractivity contribution in [2.45, 2.75) is 13.0 Å². The first-order chi connectivity index (χ1) is 9.15. The van der Waals surface area contributed by atoms with E-state index in [2.05, 4.69) is 25.4 Å². The molecule has 0 aliphatic carbocycles. The summed E-state index contributed by atoms with van der Waals surface area (Å²) in [6.07, 6.45) is 0. The highest BCUT2D eigenvalue weighted by atomic mass is 16.2. The summed E-state index contributed by atoms with van der Waals surface area (Å²) in [5.41, 5.74) is 1.23. The zero-order valence-electron chi connectivity index (χ0n) is 11.5. The summed E-state index contributed by atoms with van der Waals surface area (Å²) < 4.78 is 1.62. The van der Waals surface area contributed by atoms with Gasteiger partial charge >= 0.3 is 0 Å². The van der Waals surface area contributed by atoms with Crippen molar-refractivity contribution in [1.29, 1.82) is 0 Å². The van der Waals surface area contributed by atoms with Crippen LogP contribution >= 0.6 is 0 Å². The highest BCUT2D eigenvalue weighted by Crippen LogP contribution is 2.14. The SMILES string of the molecule is Cc1c(C(=O)NC[C@H]2CN3CCN2CC3)nnn1C. The zero-order valence-corrected chi connectivity index (χ0v) is 11.5. The molecule has 0 radical (unpaired) electrons. The van der Waals surface area contributed by atoms with Crippen molar-refractivity contribution in [2.75, 3.05) is 39.3 Å². The van der Waals surface area contributed by atoms with Gasteiger partial charge in [0, 0.05) is 52.4 Å². The van der Waals surface area contributed by atoms with Crippen LogP contribution in [0.4, 0.5) is 0 Å². The lowest BCUT2D eigenvalue weighted by molar-refractivity contribution is 0.0138. The molecule has 3 aliphatic heterocycles. The second-order valence-corrected chi connectivity index (χ2v) is 5.35. The number of nitrogens with one attached hydrogen (secondary N) is 1. The van der Waals surface area contributed by atoms with E-state index in [1.54, 1.807) is 11.7 Å². The van der Waals surface area contributed by atoms with Gasteiger partial charge in [-0.1, -0.05) is 5.21 Å². The largest absolute Gasteiger partial charge is 0.349 e. The number of fused-ring (bicyclic) bond motifs is 3. The van der Waals surface area contributed by atoms with Crippen LogP contribution in [-0.2, 0) is 7.05 Å². The summed E-state index contributed by atoms with van der Waals surface area (Å²) in [7, 11) is 1.79. The van der Waals surface area contributed by atoms with Crippen LogP contribution in [0.5, 0.6) is 0 Å². The molecule has 4 heterocycles. The maximum absolute atomic E-state index is 12.1. The normalized spacial score (nSPS) is 29.5. The monoisotopic (exact) mass is 264 g/mol. The minimum absolute atomic E-state index is 0.122. The zero-order chi connectivity index (χ0) is 13.4. The molecule has 3 aliphatic rings. The van der Waals surface area contributed by atoms with Crippen LogP contribution in [0.1, 0.15) is 16.2 Å². The molecule has 0 aromatic carbocycles. The smallest absolute Gasteiger partial charge is 0.273 e. The summed E-state index contributed by atoms with van der Waals surface area (Å²) in [6, 6.07) is 0.434. The van der Waals surface area contributed by atoms with Crippen LogP contribution in [0.2, 0.25) is 0 Å². The van der Waals surface area contributed by atoms with Crippen molar-refractivity contribution < 1.29 is 4.79 Å². The molecule has 19 heavy (non-hydrogen) atoms. The Kier molecular flexibility index (Phi) is 3.24. The number of piperazine rings is 3.